The second kappa shape index (κ2) is 7.79. The summed E-state index contributed by atoms with van der Waals surface area (Å²) >= 11 is 0. The lowest BCUT2D eigenvalue weighted by Crippen LogP contribution is -2.32. The van der Waals surface area contributed by atoms with Crippen molar-refractivity contribution in [2.24, 2.45) is 0 Å². The van der Waals surface area contributed by atoms with Gasteiger partial charge < -0.3 is 0 Å². The minimum Gasteiger partial charge on any atom is -0.0617 e. The van der Waals surface area contributed by atoms with Gasteiger partial charge in [0, 0.05) is 5.41 Å². The zero-order valence-corrected chi connectivity index (χ0v) is 23.0. The van der Waals surface area contributed by atoms with E-state index in [9.17, 15) is 0 Å². The highest BCUT2D eigenvalue weighted by molar-refractivity contribution is 5.55. The first kappa shape index (κ1) is 25.7. The smallest absolute Gasteiger partial charge is 0.0152 e. The predicted octanol–water partition coefficient (Wildman–Crippen LogP) is 9.20. The summed E-state index contributed by atoms with van der Waals surface area (Å²) < 4.78 is 0. The molecular formula is C31H48. The van der Waals surface area contributed by atoms with Crippen molar-refractivity contribution in [3.8, 4) is 0 Å². The van der Waals surface area contributed by atoms with Crippen LogP contribution in [0, 0.1) is 0 Å². The van der Waals surface area contributed by atoms with E-state index in [0.717, 1.165) is 0 Å². The molecule has 0 aliphatic heterocycles. The molecule has 0 aromatic heterocycles. The molecule has 0 N–H and O–H groups in total. The summed E-state index contributed by atoms with van der Waals surface area (Å²) in [4.78, 5) is 0. The monoisotopic (exact) mass is 420 g/mol. The lowest BCUT2D eigenvalue weighted by molar-refractivity contribution is 0.504. The summed E-state index contributed by atoms with van der Waals surface area (Å²) in [5, 5.41) is 0. The molecule has 0 spiro atoms. The first-order valence-corrected chi connectivity index (χ1v) is 12.0. The van der Waals surface area contributed by atoms with Crippen LogP contribution in [0.15, 0.2) is 36.4 Å². The van der Waals surface area contributed by atoms with E-state index in [1.807, 2.05) is 0 Å². The molecule has 0 fully saturated rings. The molecule has 0 heteroatoms. The molecular weight excluding hydrogens is 372 g/mol. The molecule has 2 aromatic carbocycles. The van der Waals surface area contributed by atoms with Gasteiger partial charge in [-0.15, -0.1) is 0 Å². The first-order valence-electron chi connectivity index (χ1n) is 12.0. The Morgan fingerprint density at radius 2 is 0.806 bits per heavy atom. The maximum Gasteiger partial charge on any atom is 0.0152 e. The van der Waals surface area contributed by atoms with Gasteiger partial charge in [0.15, 0.2) is 0 Å². The standard InChI is InChI=1S/C31H48/c1-27(2,3)21-16-15-17-22(18-21)31(13,14)26-24(29(7,8)9)19-23(28(4,5)6)20-25(26)30(10,11)12/h15-20H,1-14H3. The summed E-state index contributed by atoms with van der Waals surface area (Å²) in [6.45, 7) is 33.0. The molecule has 31 heavy (non-hydrogen) atoms. The van der Waals surface area contributed by atoms with Crippen LogP contribution in [-0.4, -0.2) is 0 Å². The minimum atomic E-state index is -0.0943. The van der Waals surface area contributed by atoms with Gasteiger partial charge in [0.25, 0.3) is 0 Å². The van der Waals surface area contributed by atoms with Crippen molar-refractivity contribution >= 4 is 0 Å². The minimum absolute atomic E-state index is 0.0650. The Kier molecular flexibility index (Phi) is 6.46. The van der Waals surface area contributed by atoms with Gasteiger partial charge in [-0.05, 0) is 55.0 Å². The topological polar surface area (TPSA) is 0 Å². The van der Waals surface area contributed by atoms with Crippen LogP contribution in [0.5, 0.6) is 0 Å². The Labute approximate surface area is 193 Å². The van der Waals surface area contributed by atoms with Crippen LogP contribution in [0.2, 0.25) is 0 Å². The summed E-state index contributed by atoms with van der Waals surface area (Å²) in [7, 11) is 0. The molecule has 0 aliphatic carbocycles. The summed E-state index contributed by atoms with van der Waals surface area (Å²) in [6, 6.07) is 14.3. The van der Waals surface area contributed by atoms with Crippen LogP contribution in [0.3, 0.4) is 0 Å². The van der Waals surface area contributed by atoms with Gasteiger partial charge in [0.05, 0.1) is 0 Å². The van der Waals surface area contributed by atoms with Gasteiger partial charge in [0.1, 0.15) is 0 Å². The molecule has 0 radical (unpaired) electrons. The maximum atomic E-state index is 2.50. The van der Waals surface area contributed by atoms with Crippen molar-refractivity contribution in [2.45, 2.75) is 124 Å². The average Bonchev–Trinajstić information content (AvgIpc) is 2.57. The van der Waals surface area contributed by atoms with Crippen molar-refractivity contribution in [3.05, 3.63) is 69.8 Å². The third-order valence-corrected chi connectivity index (χ3v) is 6.70. The van der Waals surface area contributed by atoms with Crippen molar-refractivity contribution in [2.75, 3.05) is 0 Å². The van der Waals surface area contributed by atoms with E-state index < -0.39 is 0 Å². The fraction of sp³-hybridized carbons (Fsp3) is 0.613. The molecule has 2 aromatic rings. The van der Waals surface area contributed by atoms with E-state index in [4.69, 9.17) is 0 Å². The SMILES string of the molecule is CC(C)(C)c1cccc(C(C)(C)c2c(C(C)(C)C)cc(C(C)(C)C)cc2C(C)(C)C)c1. The third-order valence-electron chi connectivity index (χ3n) is 6.70. The molecule has 2 rings (SSSR count). The first-order chi connectivity index (χ1) is 13.7. The fourth-order valence-electron chi connectivity index (χ4n) is 4.45. The summed E-state index contributed by atoms with van der Waals surface area (Å²) in [5.41, 5.74) is 9.01. The Morgan fingerprint density at radius 1 is 0.419 bits per heavy atom. The highest BCUT2D eigenvalue weighted by atomic mass is 14.4. The van der Waals surface area contributed by atoms with Gasteiger partial charge in [-0.1, -0.05) is 133 Å². The summed E-state index contributed by atoms with van der Waals surface area (Å²) in [6.07, 6.45) is 0. The molecule has 0 amide bonds. The predicted molar refractivity (Wildman–Crippen MR) is 140 cm³/mol. The maximum absolute atomic E-state index is 2.50. The van der Waals surface area contributed by atoms with E-state index in [-0.39, 0.29) is 27.1 Å². The van der Waals surface area contributed by atoms with Crippen LogP contribution in [0.1, 0.15) is 130 Å². The largest absolute Gasteiger partial charge is 0.0617 e. The quantitative estimate of drug-likeness (QED) is 0.454. The highest BCUT2D eigenvalue weighted by Gasteiger charge is 2.37. The Balaban J connectivity index is 2.98. The Bertz CT molecular complexity index is 891. The normalized spacial score (nSPS) is 14.1. The lowest BCUT2D eigenvalue weighted by atomic mass is 9.64. The molecule has 0 heterocycles. The van der Waals surface area contributed by atoms with E-state index in [0.29, 0.717) is 0 Å². The zero-order valence-electron chi connectivity index (χ0n) is 23.0. The van der Waals surface area contributed by atoms with Crippen LogP contribution < -0.4 is 0 Å². The van der Waals surface area contributed by atoms with Crippen LogP contribution in [0.25, 0.3) is 0 Å². The van der Waals surface area contributed by atoms with Crippen molar-refractivity contribution < 1.29 is 0 Å². The van der Waals surface area contributed by atoms with E-state index in [1.165, 1.54) is 33.4 Å². The van der Waals surface area contributed by atoms with Crippen molar-refractivity contribution in [3.63, 3.8) is 0 Å². The van der Waals surface area contributed by atoms with Crippen LogP contribution >= 0.6 is 0 Å². The summed E-state index contributed by atoms with van der Waals surface area (Å²) in [5.74, 6) is 0. The van der Waals surface area contributed by atoms with Gasteiger partial charge in [-0.3, -0.25) is 0 Å². The van der Waals surface area contributed by atoms with Gasteiger partial charge in [-0.25, -0.2) is 0 Å². The van der Waals surface area contributed by atoms with E-state index in [2.05, 4.69) is 133 Å². The molecule has 172 valence electrons. The van der Waals surface area contributed by atoms with Gasteiger partial charge >= 0.3 is 0 Å². The van der Waals surface area contributed by atoms with E-state index in [1.54, 1.807) is 0 Å². The second-order valence-electron chi connectivity index (χ2n) is 14.2. The molecule has 0 aliphatic rings. The molecule has 0 saturated carbocycles. The molecule has 0 unspecified atom stereocenters. The van der Waals surface area contributed by atoms with Crippen molar-refractivity contribution in [1.82, 2.24) is 0 Å². The number of hydrogen-bond donors (Lipinski definition) is 0. The lowest BCUT2D eigenvalue weighted by Gasteiger charge is -2.40. The molecule has 0 nitrogen and oxygen atoms in total. The molecule has 0 atom stereocenters. The molecule has 0 bridgehead atoms. The number of rotatable bonds is 2. The van der Waals surface area contributed by atoms with Crippen LogP contribution in [0.4, 0.5) is 0 Å². The Hall–Kier alpha value is -1.56. The van der Waals surface area contributed by atoms with Crippen molar-refractivity contribution in [1.29, 1.82) is 0 Å². The third kappa shape index (κ3) is 5.44. The number of hydrogen-bond acceptors (Lipinski definition) is 0. The average molecular weight is 421 g/mol. The van der Waals surface area contributed by atoms with Gasteiger partial charge in [-0.2, -0.15) is 0 Å². The second-order valence-corrected chi connectivity index (χ2v) is 14.2. The fourth-order valence-corrected chi connectivity index (χ4v) is 4.45. The Morgan fingerprint density at radius 3 is 1.16 bits per heavy atom. The van der Waals surface area contributed by atoms with Gasteiger partial charge in [0.2, 0.25) is 0 Å². The van der Waals surface area contributed by atoms with Crippen LogP contribution in [-0.2, 0) is 27.1 Å². The van der Waals surface area contributed by atoms with E-state index >= 15 is 0 Å². The number of benzene rings is 2. The zero-order chi connectivity index (χ0) is 24.2. The molecule has 0 saturated heterocycles. The highest BCUT2D eigenvalue weighted by Crippen LogP contribution is 2.46.